The Balaban J connectivity index is 1.63. The number of benzene rings is 3. The van der Waals surface area contributed by atoms with Crippen LogP contribution >= 0.6 is 0 Å². The number of amides is 2. The van der Waals surface area contributed by atoms with Gasteiger partial charge in [0.1, 0.15) is 5.75 Å². The first-order chi connectivity index (χ1) is 22.0. The Labute approximate surface area is 267 Å². The fourth-order valence-corrected chi connectivity index (χ4v) is 5.24. The van der Waals surface area contributed by atoms with Crippen molar-refractivity contribution in [1.29, 1.82) is 0 Å². The molecule has 0 aliphatic carbocycles. The fourth-order valence-electron chi connectivity index (χ4n) is 5.24. The third-order valence-electron chi connectivity index (χ3n) is 7.76. The summed E-state index contributed by atoms with van der Waals surface area (Å²) in [5, 5.41) is 34.6. The maximum absolute atomic E-state index is 13.3. The summed E-state index contributed by atoms with van der Waals surface area (Å²) in [4.78, 5) is 26.7. The molecule has 3 aromatic carbocycles. The normalized spacial score (nSPS) is 12.3. The van der Waals surface area contributed by atoms with E-state index in [1.165, 1.54) is 31.7 Å². The molecule has 0 saturated heterocycles. The molecule has 45 heavy (non-hydrogen) atoms. The van der Waals surface area contributed by atoms with E-state index in [1.807, 2.05) is 60.7 Å². The number of aliphatic hydroxyl groups is 3. The SMILES string of the molecule is O=C(N[C@H](CO)Cc1ccccc1)c1cc(OCCCCCCCCCCCO)cc(C(=O)N[C@H](CO)Cc2ccccc2)c1. The first kappa shape index (κ1) is 35.8. The van der Waals surface area contributed by atoms with E-state index >= 15 is 0 Å². The molecule has 5 N–H and O–H groups in total. The lowest BCUT2D eigenvalue weighted by Crippen LogP contribution is -2.40. The minimum absolute atomic E-state index is 0.232. The van der Waals surface area contributed by atoms with E-state index in [0.29, 0.717) is 25.2 Å². The molecule has 0 bridgehead atoms. The molecule has 8 heteroatoms. The van der Waals surface area contributed by atoms with E-state index in [1.54, 1.807) is 12.1 Å². The number of hydrogen-bond donors (Lipinski definition) is 5. The van der Waals surface area contributed by atoms with Crippen LogP contribution in [0.3, 0.4) is 0 Å². The Kier molecular flexibility index (Phi) is 16.8. The lowest BCUT2D eigenvalue weighted by Gasteiger charge is -2.19. The summed E-state index contributed by atoms with van der Waals surface area (Å²) >= 11 is 0. The first-order valence-corrected chi connectivity index (χ1v) is 16.3. The van der Waals surface area contributed by atoms with Gasteiger partial charge in [-0.2, -0.15) is 0 Å². The highest BCUT2D eigenvalue weighted by atomic mass is 16.5. The van der Waals surface area contributed by atoms with Gasteiger partial charge in [0, 0.05) is 17.7 Å². The smallest absolute Gasteiger partial charge is 0.251 e. The minimum atomic E-state index is -0.499. The summed E-state index contributed by atoms with van der Waals surface area (Å²) in [6, 6.07) is 23.0. The summed E-state index contributed by atoms with van der Waals surface area (Å²) in [5.41, 5.74) is 2.50. The van der Waals surface area contributed by atoms with Crippen LogP contribution in [0.1, 0.15) is 89.6 Å². The molecule has 3 aromatic rings. The molecule has 2 atom stereocenters. The van der Waals surface area contributed by atoms with Crippen LogP contribution in [0.2, 0.25) is 0 Å². The van der Waals surface area contributed by atoms with E-state index in [0.717, 1.165) is 43.2 Å². The molecule has 244 valence electrons. The van der Waals surface area contributed by atoms with Crippen molar-refractivity contribution in [2.24, 2.45) is 0 Å². The van der Waals surface area contributed by atoms with Gasteiger partial charge >= 0.3 is 0 Å². The highest BCUT2D eigenvalue weighted by Crippen LogP contribution is 2.20. The van der Waals surface area contributed by atoms with Crippen molar-refractivity contribution < 1.29 is 29.6 Å². The molecule has 0 heterocycles. The minimum Gasteiger partial charge on any atom is -0.494 e. The zero-order chi connectivity index (χ0) is 32.1. The van der Waals surface area contributed by atoms with Crippen LogP contribution in [-0.4, -0.2) is 65.6 Å². The van der Waals surface area contributed by atoms with Crippen LogP contribution in [0.4, 0.5) is 0 Å². The van der Waals surface area contributed by atoms with Crippen molar-refractivity contribution in [2.45, 2.75) is 82.7 Å². The van der Waals surface area contributed by atoms with Crippen molar-refractivity contribution in [2.75, 3.05) is 26.4 Å². The zero-order valence-electron chi connectivity index (χ0n) is 26.3. The van der Waals surface area contributed by atoms with Crippen LogP contribution in [0.15, 0.2) is 78.9 Å². The van der Waals surface area contributed by atoms with E-state index < -0.39 is 23.9 Å². The Morgan fingerprint density at radius 1 is 0.578 bits per heavy atom. The molecule has 0 aromatic heterocycles. The average Bonchev–Trinajstić information content (AvgIpc) is 3.07. The quantitative estimate of drug-likeness (QED) is 0.0981. The average molecular weight is 619 g/mol. The van der Waals surface area contributed by atoms with Gasteiger partial charge in [0.15, 0.2) is 0 Å². The molecule has 0 unspecified atom stereocenters. The number of unbranched alkanes of at least 4 members (excludes halogenated alkanes) is 8. The zero-order valence-corrected chi connectivity index (χ0v) is 26.3. The maximum Gasteiger partial charge on any atom is 0.251 e. The Morgan fingerprint density at radius 3 is 1.42 bits per heavy atom. The molecular formula is C37H50N2O6. The molecule has 8 nitrogen and oxygen atoms in total. The number of rotatable bonds is 22. The van der Waals surface area contributed by atoms with Gasteiger partial charge in [0.25, 0.3) is 11.8 Å². The largest absolute Gasteiger partial charge is 0.494 e. The summed E-state index contributed by atoms with van der Waals surface area (Å²) in [5.74, 6) is -0.401. The molecule has 0 saturated carbocycles. The highest BCUT2D eigenvalue weighted by molar-refractivity contribution is 6.00. The lowest BCUT2D eigenvalue weighted by molar-refractivity contribution is 0.0915. The molecule has 0 spiro atoms. The highest BCUT2D eigenvalue weighted by Gasteiger charge is 2.19. The Morgan fingerprint density at radius 2 is 1.00 bits per heavy atom. The molecule has 0 radical (unpaired) electrons. The predicted octanol–water partition coefficient (Wildman–Crippen LogP) is 5.24. The van der Waals surface area contributed by atoms with Crippen molar-refractivity contribution in [3.63, 3.8) is 0 Å². The van der Waals surface area contributed by atoms with Gasteiger partial charge in [-0.3, -0.25) is 9.59 Å². The van der Waals surface area contributed by atoms with Crippen molar-refractivity contribution in [3.05, 3.63) is 101 Å². The number of nitrogens with one attached hydrogen (secondary N) is 2. The Hall–Kier alpha value is -3.72. The Bertz CT molecular complexity index is 1170. The van der Waals surface area contributed by atoms with Gasteiger partial charge in [-0.15, -0.1) is 0 Å². The molecular weight excluding hydrogens is 568 g/mol. The van der Waals surface area contributed by atoms with Gasteiger partial charge in [-0.05, 0) is 55.0 Å². The van der Waals surface area contributed by atoms with E-state index in [9.17, 15) is 19.8 Å². The number of hydrogen-bond acceptors (Lipinski definition) is 6. The first-order valence-electron chi connectivity index (χ1n) is 16.3. The van der Waals surface area contributed by atoms with Gasteiger partial charge in [0.2, 0.25) is 0 Å². The predicted molar refractivity (Wildman–Crippen MR) is 178 cm³/mol. The standard InChI is InChI=1S/C37H50N2O6/c40-20-14-6-4-2-1-3-5-7-15-21-45-35-25-31(36(43)38-33(27-41)22-29-16-10-8-11-17-29)24-32(26-35)37(44)39-34(28-42)23-30-18-12-9-13-19-30/h8-13,16-19,24-26,33-34,40-42H,1-7,14-15,20-23,27-28H2,(H,38,43)(H,39,44)/t33-,34-/m0/s1. The van der Waals surface area contributed by atoms with Gasteiger partial charge < -0.3 is 30.7 Å². The monoisotopic (exact) mass is 618 g/mol. The van der Waals surface area contributed by atoms with Crippen molar-refractivity contribution >= 4 is 11.8 Å². The van der Waals surface area contributed by atoms with Crippen molar-refractivity contribution in [1.82, 2.24) is 10.6 Å². The topological polar surface area (TPSA) is 128 Å². The fraction of sp³-hybridized carbons (Fsp3) is 0.459. The lowest BCUT2D eigenvalue weighted by atomic mass is 10.0. The van der Waals surface area contributed by atoms with Crippen LogP contribution in [0, 0.1) is 0 Å². The van der Waals surface area contributed by atoms with Crippen LogP contribution in [0.5, 0.6) is 5.75 Å². The molecule has 0 aliphatic heterocycles. The number of carbonyl (C=O) groups excluding carboxylic acids is 2. The van der Waals surface area contributed by atoms with Crippen LogP contribution in [0.25, 0.3) is 0 Å². The summed E-state index contributed by atoms with van der Waals surface area (Å²) in [6.07, 6.45) is 10.6. The van der Waals surface area contributed by atoms with E-state index in [4.69, 9.17) is 9.84 Å². The molecule has 2 amide bonds. The third-order valence-corrected chi connectivity index (χ3v) is 7.76. The summed E-state index contributed by atoms with van der Waals surface area (Å²) in [6.45, 7) is 0.271. The number of carbonyl (C=O) groups is 2. The summed E-state index contributed by atoms with van der Waals surface area (Å²) in [7, 11) is 0. The molecule has 0 fully saturated rings. The summed E-state index contributed by atoms with van der Waals surface area (Å²) < 4.78 is 6.03. The van der Waals surface area contributed by atoms with Gasteiger partial charge in [-0.25, -0.2) is 0 Å². The second kappa shape index (κ2) is 21.1. The van der Waals surface area contributed by atoms with E-state index in [2.05, 4.69) is 10.6 Å². The van der Waals surface area contributed by atoms with E-state index in [-0.39, 0.29) is 30.9 Å². The van der Waals surface area contributed by atoms with Crippen LogP contribution < -0.4 is 15.4 Å². The number of aliphatic hydroxyl groups excluding tert-OH is 3. The number of ether oxygens (including phenoxy) is 1. The second-order valence-corrected chi connectivity index (χ2v) is 11.6. The second-order valence-electron chi connectivity index (χ2n) is 11.6. The molecule has 3 rings (SSSR count). The maximum atomic E-state index is 13.3. The van der Waals surface area contributed by atoms with Crippen molar-refractivity contribution in [3.8, 4) is 5.75 Å². The third kappa shape index (κ3) is 13.9. The van der Waals surface area contributed by atoms with Gasteiger partial charge in [0.05, 0.1) is 31.9 Å². The van der Waals surface area contributed by atoms with Gasteiger partial charge in [-0.1, -0.05) is 106 Å². The van der Waals surface area contributed by atoms with Crippen LogP contribution in [-0.2, 0) is 12.8 Å². The molecule has 0 aliphatic rings.